The fourth-order valence-corrected chi connectivity index (χ4v) is 8.76. The van der Waals surface area contributed by atoms with E-state index in [4.69, 9.17) is 18.9 Å². The highest BCUT2D eigenvalue weighted by atomic mass is 16.7. The van der Waals surface area contributed by atoms with Gasteiger partial charge in [-0.05, 0) is 88.4 Å². The number of Topliss-reactive ketones (excluding diaryl/α,β-unsaturated/α-hetero) is 1. The predicted molar refractivity (Wildman–Crippen MR) is 129 cm³/mol. The van der Waals surface area contributed by atoms with Gasteiger partial charge >= 0.3 is 0 Å². The third kappa shape index (κ3) is 3.93. The molecule has 34 heavy (non-hydrogen) atoms. The highest BCUT2D eigenvalue weighted by molar-refractivity contribution is 5.87. The zero-order valence-corrected chi connectivity index (χ0v) is 21.3. The number of hydrogen-bond donors (Lipinski definition) is 0. The fourth-order valence-electron chi connectivity index (χ4n) is 8.76. The Bertz CT molecular complexity index is 796. The van der Waals surface area contributed by atoms with Gasteiger partial charge in [0.1, 0.15) is 5.78 Å². The molecule has 2 heterocycles. The highest BCUT2D eigenvalue weighted by Crippen LogP contribution is 2.64. The Morgan fingerprint density at radius 3 is 2.35 bits per heavy atom. The van der Waals surface area contributed by atoms with Crippen LogP contribution in [0.1, 0.15) is 97.3 Å². The van der Waals surface area contributed by atoms with E-state index in [9.17, 15) is 4.79 Å². The first-order chi connectivity index (χ1) is 16.5. The maximum atomic E-state index is 12.8. The average molecular weight is 473 g/mol. The summed E-state index contributed by atoms with van der Waals surface area (Å²) in [4.78, 5) is 12.8. The summed E-state index contributed by atoms with van der Waals surface area (Å²) in [6, 6.07) is 0. The van der Waals surface area contributed by atoms with Crippen LogP contribution in [-0.2, 0) is 23.7 Å². The first-order valence-corrected chi connectivity index (χ1v) is 14.3. The lowest BCUT2D eigenvalue weighted by Crippen LogP contribution is -2.57. The molecular weight excluding hydrogens is 428 g/mol. The SMILES string of the molecule is C[C@]12C(=CC[C@@H]3[C@@H]1CC[C@]1(C)C(=O)CC[C@@H]31)C[C@@H](OC1CCCCO1)C[C@@H]2OC1CCCCO1. The summed E-state index contributed by atoms with van der Waals surface area (Å²) in [5.74, 6) is 2.22. The van der Waals surface area contributed by atoms with Crippen LogP contribution in [0.15, 0.2) is 11.6 Å². The van der Waals surface area contributed by atoms with E-state index < -0.39 is 0 Å². The molecule has 0 spiro atoms. The Morgan fingerprint density at radius 2 is 1.65 bits per heavy atom. The van der Waals surface area contributed by atoms with Gasteiger partial charge < -0.3 is 18.9 Å². The number of fused-ring (bicyclic) bond motifs is 5. The second-order valence-corrected chi connectivity index (χ2v) is 12.5. The van der Waals surface area contributed by atoms with Crippen LogP contribution in [0.2, 0.25) is 0 Å². The minimum Gasteiger partial charge on any atom is -0.353 e. The smallest absolute Gasteiger partial charge is 0.157 e. The summed E-state index contributed by atoms with van der Waals surface area (Å²) in [7, 11) is 0. The molecule has 5 fully saturated rings. The molecule has 0 aromatic heterocycles. The van der Waals surface area contributed by atoms with Crippen molar-refractivity contribution in [3.8, 4) is 0 Å². The molecule has 0 aromatic rings. The van der Waals surface area contributed by atoms with E-state index in [-0.39, 0.29) is 35.6 Å². The number of ketones is 1. The molecule has 0 amide bonds. The number of carbonyl (C=O) groups is 1. The van der Waals surface area contributed by atoms with Gasteiger partial charge in [-0.15, -0.1) is 0 Å². The molecule has 6 aliphatic rings. The quantitative estimate of drug-likeness (QED) is 0.473. The molecule has 190 valence electrons. The van der Waals surface area contributed by atoms with E-state index in [1.807, 2.05) is 0 Å². The van der Waals surface area contributed by atoms with Crippen molar-refractivity contribution in [1.82, 2.24) is 0 Å². The second-order valence-electron chi connectivity index (χ2n) is 12.5. The normalized spacial score (nSPS) is 49.1. The number of hydrogen-bond acceptors (Lipinski definition) is 5. The van der Waals surface area contributed by atoms with Gasteiger partial charge in [0.2, 0.25) is 0 Å². The summed E-state index contributed by atoms with van der Waals surface area (Å²) < 4.78 is 25.4. The first-order valence-electron chi connectivity index (χ1n) is 14.3. The number of allylic oxidation sites excluding steroid dienone is 1. The largest absolute Gasteiger partial charge is 0.353 e. The molecule has 6 rings (SSSR count). The van der Waals surface area contributed by atoms with Crippen LogP contribution in [0.4, 0.5) is 0 Å². The summed E-state index contributed by atoms with van der Waals surface area (Å²) in [6.07, 6.45) is 16.3. The van der Waals surface area contributed by atoms with Gasteiger partial charge in [0, 0.05) is 36.9 Å². The van der Waals surface area contributed by atoms with Crippen molar-refractivity contribution in [1.29, 1.82) is 0 Å². The Morgan fingerprint density at radius 1 is 0.912 bits per heavy atom. The Labute approximate surface area is 205 Å². The molecular formula is C29H44O5. The molecule has 0 aromatic carbocycles. The molecule has 2 unspecified atom stereocenters. The first kappa shape index (κ1) is 23.6. The van der Waals surface area contributed by atoms with Crippen LogP contribution < -0.4 is 0 Å². The van der Waals surface area contributed by atoms with Crippen molar-refractivity contribution >= 4 is 5.78 Å². The minimum absolute atomic E-state index is 0.00394. The number of carbonyl (C=O) groups excluding carboxylic acids is 1. The lowest BCUT2D eigenvalue weighted by atomic mass is 9.47. The van der Waals surface area contributed by atoms with Crippen LogP contribution in [0.25, 0.3) is 0 Å². The van der Waals surface area contributed by atoms with E-state index >= 15 is 0 Å². The third-order valence-electron chi connectivity index (χ3n) is 10.8. The van der Waals surface area contributed by atoms with E-state index in [0.717, 1.165) is 83.8 Å². The molecule has 2 saturated heterocycles. The topological polar surface area (TPSA) is 54.0 Å². The maximum Gasteiger partial charge on any atom is 0.157 e. The van der Waals surface area contributed by atoms with E-state index in [1.54, 1.807) is 0 Å². The molecule has 5 heteroatoms. The lowest BCUT2D eigenvalue weighted by Gasteiger charge is -2.59. The molecule has 0 bridgehead atoms. The molecule has 0 radical (unpaired) electrons. The second kappa shape index (κ2) is 9.28. The summed E-state index contributed by atoms with van der Waals surface area (Å²) in [6.45, 7) is 6.37. The van der Waals surface area contributed by atoms with Crippen LogP contribution >= 0.6 is 0 Å². The van der Waals surface area contributed by atoms with Crippen molar-refractivity contribution in [2.75, 3.05) is 13.2 Å². The van der Waals surface area contributed by atoms with Gasteiger partial charge in [0.25, 0.3) is 0 Å². The van der Waals surface area contributed by atoms with Crippen LogP contribution in [-0.4, -0.2) is 43.8 Å². The standard InChI is InChI=1S/C29H44O5/c1-28-14-13-23-21(22(28)11-12-24(28)30)10-9-19-17-20(33-26-7-3-5-15-31-26)18-25(29(19,23)2)34-27-8-4-6-16-32-27/h9,20-23,25-27H,3-8,10-18H2,1-2H3/t20-,21+,22+,23+,25+,26?,27?,28+,29+/m1/s1. The van der Waals surface area contributed by atoms with E-state index in [2.05, 4.69) is 19.9 Å². The molecule has 2 aliphatic heterocycles. The lowest BCUT2D eigenvalue weighted by molar-refractivity contribution is -0.248. The number of rotatable bonds is 4. The molecule has 0 N–H and O–H groups in total. The molecule has 9 atom stereocenters. The molecule has 4 aliphatic carbocycles. The zero-order valence-electron chi connectivity index (χ0n) is 21.3. The van der Waals surface area contributed by atoms with Gasteiger partial charge in [0.15, 0.2) is 12.6 Å². The average Bonchev–Trinajstić information content (AvgIpc) is 3.16. The summed E-state index contributed by atoms with van der Waals surface area (Å²) >= 11 is 0. The summed E-state index contributed by atoms with van der Waals surface area (Å²) in [5, 5.41) is 0. The van der Waals surface area contributed by atoms with Crippen LogP contribution in [0.3, 0.4) is 0 Å². The van der Waals surface area contributed by atoms with Gasteiger partial charge in [0.05, 0.1) is 12.2 Å². The van der Waals surface area contributed by atoms with Crippen molar-refractivity contribution in [2.24, 2.45) is 28.6 Å². The van der Waals surface area contributed by atoms with Gasteiger partial charge in [-0.25, -0.2) is 0 Å². The van der Waals surface area contributed by atoms with E-state index in [1.165, 1.54) is 18.4 Å². The maximum absolute atomic E-state index is 12.8. The van der Waals surface area contributed by atoms with Crippen LogP contribution in [0, 0.1) is 28.6 Å². The monoisotopic (exact) mass is 472 g/mol. The molecule has 5 nitrogen and oxygen atoms in total. The van der Waals surface area contributed by atoms with Crippen LogP contribution in [0.5, 0.6) is 0 Å². The van der Waals surface area contributed by atoms with Crippen molar-refractivity contribution < 1.29 is 23.7 Å². The van der Waals surface area contributed by atoms with Gasteiger partial charge in [-0.1, -0.05) is 25.5 Å². The van der Waals surface area contributed by atoms with Gasteiger partial charge in [-0.3, -0.25) is 4.79 Å². The Balaban J connectivity index is 1.28. The van der Waals surface area contributed by atoms with Crippen molar-refractivity contribution in [2.45, 2.75) is 122 Å². The highest BCUT2D eigenvalue weighted by Gasteiger charge is 2.61. The predicted octanol–water partition coefficient (Wildman–Crippen LogP) is 5.95. The number of ether oxygens (including phenoxy) is 4. The van der Waals surface area contributed by atoms with Gasteiger partial charge in [-0.2, -0.15) is 0 Å². The van der Waals surface area contributed by atoms with Crippen molar-refractivity contribution in [3.63, 3.8) is 0 Å². The third-order valence-corrected chi connectivity index (χ3v) is 10.8. The van der Waals surface area contributed by atoms with E-state index in [0.29, 0.717) is 23.5 Å². The Kier molecular flexibility index (Phi) is 6.45. The molecule has 3 saturated carbocycles. The Hall–Kier alpha value is -0.750. The summed E-state index contributed by atoms with van der Waals surface area (Å²) in [5.41, 5.74) is 1.45. The minimum atomic E-state index is -0.0937. The fraction of sp³-hybridized carbons (Fsp3) is 0.897. The van der Waals surface area contributed by atoms with Crippen molar-refractivity contribution in [3.05, 3.63) is 11.6 Å². The zero-order chi connectivity index (χ0) is 23.3.